The molecule has 2 aromatic carbocycles. The average Bonchev–Trinajstić information content (AvgIpc) is 3.27. The van der Waals surface area contributed by atoms with Crippen molar-refractivity contribution < 1.29 is 18.7 Å². The summed E-state index contributed by atoms with van der Waals surface area (Å²) in [6.07, 6.45) is 3.60. The number of hydrogen-bond donors (Lipinski definition) is 0. The molecular formula is C26H26FN3O3. The second kappa shape index (κ2) is 10.3. The average molecular weight is 448 g/mol. The minimum atomic E-state index is -0.289. The first kappa shape index (κ1) is 22.5. The highest BCUT2D eigenvalue weighted by atomic mass is 19.1. The molecule has 0 saturated heterocycles. The maximum absolute atomic E-state index is 13.8. The molecule has 4 aromatic rings. The van der Waals surface area contributed by atoms with Gasteiger partial charge >= 0.3 is 0 Å². The molecule has 0 bridgehead atoms. The summed E-state index contributed by atoms with van der Waals surface area (Å²) in [6.45, 7) is 2.90. The molecule has 0 saturated carbocycles. The lowest BCUT2D eigenvalue weighted by Gasteiger charge is -2.28. The van der Waals surface area contributed by atoms with Gasteiger partial charge in [0.2, 0.25) is 0 Å². The Hall–Kier alpha value is -3.71. The molecule has 7 heteroatoms. The first-order chi connectivity index (χ1) is 16.0. The van der Waals surface area contributed by atoms with E-state index in [1.54, 1.807) is 36.4 Å². The number of rotatable bonds is 9. The van der Waals surface area contributed by atoms with E-state index in [9.17, 15) is 9.18 Å². The van der Waals surface area contributed by atoms with Crippen LogP contribution < -0.4 is 4.74 Å². The number of imidazole rings is 1. The van der Waals surface area contributed by atoms with E-state index < -0.39 is 0 Å². The quantitative estimate of drug-likeness (QED) is 0.372. The first-order valence-corrected chi connectivity index (χ1v) is 10.7. The molecule has 170 valence electrons. The Morgan fingerprint density at radius 2 is 1.85 bits per heavy atom. The van der Waals surface area contributed by atoms with Gasteiger partial charge in [0.25, 0.3) is 5.91 Å². The fraction of sp³-hybridized carbons (Fsp3) is 0.231. The van der Waals surface area contributed by atoms with E-state index in [4.69, 9.17) is 9.47 Å². The number of pyridine rings is 1. The van der Waals surface area contributed by atoms with Crippen molar-refractivity contribution in [2.75, 3.05) is 13.7 Å². The first-order valence-electron chi connectivity index (χ1n) is 10.7. The summed E-state index contributed by atoms with van der Waals surface area (Å²) in [6, 6.07) is 19.5. The molecule has 33 heavy (non-hydrogen) atoms. The Morgan fingerprint density at radius 3 is 2.58 bits per heavy atom. The lowest BCUT2D eigenvalue weighted by molar-refractivity contribution is 0.0537. The second-order valence-corrected chi connectivity index (χ2v) is 7.85. The number of carbonyl (C=O) groups is 1. The van der Waals surface area contributed by atoms with Crippen LogP contribution in [0.25, 0.3) is 5.65 Å². The monoisotopic (exact) mass is 447 g/mol. The van der Waals surface area contributed by atoms with Gasteiger partial charge in [-0.1, -0.05) is 36.4 Å². The predicted octanol–water partition coefficient (Wildman–Crippen LogP) is 4.73. The van der Waals surface area contributed by atoms with Gasteiger partial charge in [0.05, 0.1) is 12.6 Å². The molecular weight excluding hydrogens is 421 g/mol. The molecule has 0 aliphatic rings. The maximum Gasteiger partial charge on any atom is 0.274 e. The van der Waals surface area contributed by atoms with Crippen molar-refractivity contribution in [3.63, 3.8) is 0 Å². The number of benzene rings is 2. The van der Waals surface area contributed by atoms with Gasteiger partial charge in [-0.25, -0.2) is 9.37 Å². The Kier molecular flexibility index (Phi) is 7.00. The van der Waals surface area contributed by atoms with Gasteiger partial charge in [-0.05, 0) is 42.8 Å². The van der Waals surface area contributed by atoms with Crippen LogP contribution >= 0.6 is 0 Å². The highest BCUT2D eigenvalue weighted by Gasteiger charge is 2.24. The van der Waals surface area contributed by atoms with E-state index in [0.717, 1.165) is 11.2 Å². The lowest BCUT2D eigenvalue weighted by atomic mass is 10.1. The van der Waals surface area contributed by atoms with Crippen LogP contribution in [0.1, 0.15) is 28.5 Å². The molecule has 1 amide bonds. The van der Waals surface area contributed by atoms with Gasteiger partial charge in [0.1, 0.15) is 29.5 Å². The normalized spacial score (nSPS) is 12.0. The van der Waals surface area contributed by atoms with Crippen LogP contribution in [0.3, 0.4) is 0 Å². The van der Waals surface area contributed by atoms with Gasteiger partial charge in [-0.3, -0.25) is 4.79 Å². The van der Waals surface area contributed by atoms with Gasteiger partial charge in [-0.15, -0.1) is 0 Å². The molecule has 0 aliphatic carbocycles. The van der Waals surface area contributed by atoms with E-state index in [0.29, 0.717) is 30.2 Å². The van der Waals surface area contributed by atoms with Crippen molar-refractivity contribution in [2.45, 2.75) is 26.1 Å². The third-order valence-electron chi connectivity index (χ3n) is 5.41. The van der Waals surface area contributed by atoms with Crippen molar-refractivity contribution in [3.8, 4) is 5.75 Å². The van der Waals surface area contributed by atoms with Crippen LogP contribution in [-0.4, -0.2) is 40.0 Å². The fourth-order valence-electron chi connectivity index (χ4n) is 3.61. The SMILES string of the molecule is COC[C@@H](C)N(Cc1ccc(OCc2ccccc2F)cc1)C(=O)c1cn2ccccc2n1. The van der Waals surface area contributed by atoms with Crippen LogP contribution in [0.4, 0.5) is 4.39 Å². The third kappa shape index (κ3) is 5.38. The van der Waals surface area contributed by atoms with Crippen molar-refractivity contribution in [1.29, 1.82) is 0 Å². The minimum absolute atomic E-state index is 0.148. The van der Waals surface area contributed by atoms with Crippen molar-refractivity contribution in [2.24, 2.45) is 0 Å². The van der Waals surface area contributed by atoms with Crippen LogP contribution in [0, 0.1) is 5.82 Å². The van der Waals surface area contributed by atoms with E-state index in [1.165, 1.54) is 6.07 Å². The number of nitrogens with zero attached hydrogens (tertiary/aromatic N) is 3. The van der Waals surface area contributed by atoms with Crippen LogP contribution in [0.2, 0.25) is 0 Å². The van der Waals surface area contributed by atoms with E-state index in [1.807, 2.05) is 60.0 Å². The maximum atomic E-state index is 13.8. The largest absolute Gasteiger partial charge is 0.489 e. The topological polar surface area (TPSA) is 56.1 Å². The number of hydrogen-bond acceptors (Lipinski definition) is 4. The van der Waals surface area contributed by atoms with E-state index >= 15 is 0 Å². The summed E-state index contributed by atoms with van der Waals surface area (Å²) in [4.78, 5) is 19.6. The Morgan fingerprint density at radius 1 is 1.09 bits per heavy atom. The number of fused-ring (bicyclic) bond motifs is 1. The predicted molar refractivity (Wildman–Crippen MR) is 124 cm³/mol. The van der Waals surface area contributed by atoms with Crippen LogP contribution in [0.5, 0.6) is 5.75 Å². The molecule has 2 aromatic heterocycles. The standard InChI is InChI=1S/C26H26FN3O3/c1-19(17-32-2)30(26(31)24-16-29-14-6-5-9-25(29)28-24)15-20-10-12-22(13-11-20)33-18-21-7-3-4-8-23(21)27/h3-14,16,19H,15,17-18H2,1-2H3/t19-/m1/s1. The lowest BCUT2D eigenvalue weighted by Crippen LogP contribution is -2.40. The summed E-state index contributed by atoms with van der Waals surface area (Å²) in [5.74, 6) is 0.177. The van der Waals surface area contributed by atoms with Crippen LogP contribution in [-0.2, 0) is 17.9 Å². The smallest absolute Gasteiger partial charge is 0.274 e. The molecule has 0 N–H and O–H groups in total. The second-order valence-electron chi connectivity index (χ2n) is 7.85. The molecule has 0 unspecified atom stereocenters. The third-order valence-corrected chi connectivity index (χ3v) is 5.41. The molecule has 0 spiro atoms. The molecule has 4 rings (SSSR count). The number of aromatic nitrogens is 2. The zero-order valence-corrected chi connectivity index (χ0v) is 18.6. The molecule has 6 nitrogen and oxygen atoms in total. The number of halogens is 1. The Balaban J connectivity index is 1.47. The van der Waals surface area contributed by atoms with Crippen LogP contribution in [0.15, 0.2) is 79.1 Å². The summed E-state index contributed by atoms with van der Waals surface area (Å²) in [7, 11) is 1.62. The van der Waals surface area contributed by atoms with Crippen molar-refractivity contribution >= 4 is 11.6 Å². The zero-order chi connectivity index (χ0) is 23.2. The molecule has 0 radical (unpaired) electrons. The van der Waals surface area contributed by atoms with Gasteiger partial charge in [0, 0.05) is 31.6 Å². The van der Waals surface area contributed by atoms with E-state index in [2.05, 4.69) is 4.98 Å². The fourth-order valence-corrected chi connectivity index (χ4v) is 3.61. The van der Waals surface area contributed by atoms with E-state index in [-0.39, 0.29) is 24.4 Å². The molecule has 0 fully saturated rings. The number of ether oxygens (including phenoxy) is 2. The summed E-state index contributed by atoms with van der Waals surface area (Å²) >= 11 is 0. The van der Waals surface area contributed by atoms with Gasteiger partial charge in [0.15, 0.2) is 0 Å². The number of methoxy groups -OCH3 is 1. The Bertz CT molecular complexity index is 1190. The Labute approximate surface area is 192 Å². The van der Waals surface area contributed by atoms with Gasteiger partial charge in [-0.2, -0.15) is 0 Å². The van der Waals surface area contributed by atoms with Crippen molar-refractivity contribution in [1.82, 2.24) is 14.3 Å². The zero-order valence-electron chi connectivity index (χ0n) is 18.6. The molecule has 1 atom stereocenters. The number of amides is 1. The number of carbonyl (C=O) groups excluding carboxylic acids is 1. The minimum Gasteiger partial charge on any atom is -0.489 e. The summed E-state index contributed by atoms with van der Waals surface area (Å²) in [5, 5.41) is 0. The molecule has 0 aliphatic heterocycles. The highest BCUT2D eigenvalue weighted by Crippen LogP contribution is 2.19. The van der Waals surface area contributed by atoms with Crippen molar-refractivity contribution in [3.05, 3.63) is 102 Å². The molecule has 2 heterocycles. The summed E-state index contributed by atoms with van der Waals surface area (Å²) < 4.78 is 26.6. The van der Waals surface area contributed by atoms with Gasteiger partial charge < -0.3 is 18.8 Å². The summed E-state index contributed by atoms with van der Waals surface area (Å²) in [5.41, 5.74) is 2.54. The highest BCUT2D eigenvalue weighted by molar-refractivity contribution is 5.93.